The zero-order valence-electron chi connectivity index (χ0n) is 17.8. The Kier molecular flexibility index (Phi) is 5.55. The predicted molar refractivity (Wildman–Crippen MR) is 124 cm³/mol. The lowest BCUT2D eigenvalue weighted by atomic mass is 9.98. The molecule has 0 spiro atoms. The number of nitrogens with one attached hydrogen (secondary N) is 1. The Hall–Kier alpha value is -2.84. The summed E-state index contributed by atoms with van der Waals surface area (Å²) in [5.74, 6) is 1.09. The van der Waals surface area contributed by atoms with Gasteiger partial charge in [-0.1, -0.05) is 94.4 Å². The molecule has 0 fully saturated rings. The first-order valence-corrected chi connectivity index (χ1v) is 10.6. The van der Waals surface area contributed by atoms with Crippen molar-refractivity contribution < 1.29 is 0 Å². The smallest absolute Gasteiger partial charge is 0.0720 e. The summed E-state index contributed by atoms with van der Waals surface area (Å²) in [4.78, 5) is 0. The summed E-state index contributed by atoms with van der Waals surface area (Å²) >= 11 is 0. The summed E-state index contributed by atoms with van der Waals surface area (Å²) in [6.45, 7) is 8.94. The van der Waals surface area contributed by atoms with Crippen LogP contribution < -0.4 is 10.4 Å². The highest BCUT2D eigenvalue weighted by molar-refractivity contribution is 5.81. The van der Waals surface area contributed by atoms with Crippen molar-refractivity contribution in [3.63, 3.8) is 0 Å². The van der Waals surface area contributed by atoms with Crippen LogP contribution in [0.25, 0.3) is 5.70 Å². The Balaban J connectivity index is 1.70. The Labute approximate surface area is 174 Å². The summed E-state index contributed by atoms with van der Waals surface area (Å²) in [7, 11) is 0. The zero-order chi connectivity index (χ0) is 20.4. The molecule has 0 aromatic heterocycles. The normalized spacial score (nSPS) is 16.6. The highest BCUT2D eigenvalue weighted by atomic mass is 15.5. The van der Waals surface area contributed by atoms with Gasteiger partial charge in [-0.3, -0.25) is 5.01 Å². The van der Waals surface area contributed by atoms with Crippen LogP contribution in [0, 0.1) is 0 Å². The molecule has 1 heterocycles. The van der Waals surface area contributed by atoms with E-state index in [-0.39, 0.29) is 6.04 Å². The summed E-state index contributed by atoms with van der Waals surface area (Å²) in [5.41, 5.74) is 11.3. The van der Waals surface area contributed by atoms with Gasteiger partial charge >= 0.3 is 0 Å². The van der Waals surface area contributed by atoms with Gasteiger partial charge in [-0.15, -0.1) is 0 Å². The standard InChI is InChI=1S/C27H30N2/c1-19(2)21-10-14-23(15-11-21)26-18-27(24-16-12-22(13-17-24)20(3)4)29(28-26)25-8-6-5-7-9-25/h5-20,26,28H,1-4H3. The van der Waals surface area contributed by atoms with Crippen molar-refractivity contribution in [2.75, 3.05) is 5.01 Å². The first kappa shape index (κ1) is 19.5. The lowest BCUT2D eigenvalue weighted by Gasteiger charge is -2.25. The average molecular weight is 383 g/mol. The van der Waals surface area contributed by atoms with Crippen molar-refractivity contribution in [1.29, 1.82) is 0 Å². The SMILES string of the molecule is CC(C)c1ccc(C2=CC(c3ccc(C(C)C)cc3)NN2c2ccccc2)cc1. The maximum Gasteiger partial charge on any atom is 0.0720 e. The average Bonchev–Trinajstić information content (AvgIpc) is 3.20. The third-order valence-corrected chi connectivity index (χ3v) is 5.68. The van der Waals surface area contributed by atoms with E-state index in [1.165, 1.54) is 28.0 Å². The second kappa shape index (κ2) is 8.26. The molecule has 0 radical (unpaired) electrons. The van der Waals surface area contributed by atoms with Gasteiger partial charge in [-0.2, -0.15) is 0 Å². The van der Waals surface area contributed by atoms with Crippen LogP contribution >= 0.6 is 0 Å². The molecule has 0 saturated carbocycles. The monoisotopic (exact) mass is 382 g/mol. The first-order chi connectivity index (χ1) is 14.0. The largest absolute Gasteiger partial charge is 0.276 e. The number of hydrogen-bond donors (Lipinski definition) is 1. The molecule has 0 bridgehead atoms. The third kappa shape index (κ3) is 4.13. The Morgan fingerprint density at radius 1 is 0.690 bits per heavy atom. The fourth-order valence-corrected chi connectivity index (χ4v) is 3.79. The second-order valence-corrected chi connectivity index (χ2v) is 8.43. The van der Waals surface area contributed by atoms with Crippen LogP contribution in [0.3, 0.4) is 0 Å². The quantitative estimate of drug-likeness (QED) is 0.509. The van der Waals surface area contributed by atoms with E-state index < -0.39 is 0 Å². The molecular weight excluding hydrogens is 352 g/mol. The van der Waals surface area contributed by atoms with E-state index >= 15 is 0 Å². The van der Waals surface area contributed by atoms with Crippen LogP contribution in [0.5, 0.6) is 0 Å². The number of hydrazine groups is 1. The molecular formula is C27H30N2. The van der Waals surface area contributed by atoms with Gasteiger partial charge in [0.1, 0.15) is 0 Å². The minimum Gasteiger partial charge on any atom is -0.276 e. The van der Waals surface area contributed by atoms with Crippen molar-refractivity contribution in [2.45, 2.75) is 45.6 Å². The van der Waals surface area contributed by atoms with Gasteiger partial charge in [0.05, 0.1) is 17.4 Å². The van der Waals surface area contributed by atoms with Crippen molar-refractivity contribution >= 4 is 11.4 Å². The minimum atomic E-state index is 0.149. The van der Waals surface area contributed by atoms with E-state index in [9.17, 15) is 0 Å². The number of benzene rings is 3. The van der Waals surface area contributed by atoms with Gasteiger partial charge in [0.2, 0.25) is 0 Å². The molecule has 148 valence electrons. The topological polar surface area (TPSA) is 15.3 Å². The molecule has 4 rings (SSSR count). The molecule has 1 aliphatic rings. The van der Waals surface area contributed by atoms with Gasteiger partial charge in [-0.25, -0.2) is 5.43 Å². The van der Waals surface area contributed by atoms with Gasteiger partial charge in [-0.05, 0) is 52.3 Å². The molecule has 1 atom stereocenters. The van der Waals surface area contributed by atoms with Crippen molar-refractivity contribution in [3.05, 3.63) is 107 Å². The second-order valence-electron chi connectivity index (χ2n) is 8.43. The fraction of sp³-hybridized carbons (Fsp3) is 0.259. The highest BCUT2D eigenvalue weighted by Gasteiger charge is 2.26. The molecule has 0 aliphatic carbocycles. The lowest BCUT2D eigenvalue weighted by molar-refractivity contribution is 0.673. The van der Waals surface area contributed by atoms with Crippen LogP contribution in [-0.4, -0.2) is 0 Å². The number of rotatable bonds is 5. The molecule has 0 amide bonds. The summed E-state index contributed by atoms with van der Waals surface area (Å²) in [5, 5.41) is 2.21. The Bertz CT molecular complexity index is 967. The van der Waals surface area contributed by atoms with Crippen LogP contribution in [-0.2, 0) is 0 Å². The van der Waals surface area contributed by atoms with Gasteiger partial charge < -0.3 is 0 Å². The Morgan fingerprint density at radius 3 is 1.79 bits per heavy atom. The highest BCUT2D eigenvalue weighted by Crippen LogP contribution is 2.35. The molecule has 3 aromatic carbocycles. The molecule has 2 heteroatoms. The van der Waals surface area contributed by atoms with Gasteiger partial charge in [0, 0.05) is 0 Å². The van der Waals surface area contributed by atoms with Crippen LogP contribution in [0.15, 0.2) is 84.9 Å². The lowest BCUT2D eigenvalue weighted by Crippen LogP contribution is -2.33. The first-order valence-electron chi connectivity index (χ1n) is 10.6. The van der Waals surface area contributed by atoms with Crippen molar-refractivity contribution in [3.8, 4) is 0 Å². The van der Waals surface area contributed by atoms with Crippen LogP contribution in [0.2, 0.25) is 0 Å². The minimum absolute atomic E-state index is 0.149. The summed E-state index contributed by atoms with van der Waals surface area (Å²) < 4.78 is 0. The number of hydrogen-bond acceptors (Lipinski definition) is 2. The Morgan fingerprint density at radius 2 is 1.24 bits per heavy atom. The molecule has 1 aliphatic heterocycles. The van der Waals surface area contributed by atoms with E-state index in [1.807, 2.05) is 0 Å². The van der Waals surface area contributed by atoms with E-state index in [1.54, 1.807) is 0 Å². The molecule has 2 nitrogen and oxygen atoms in total. The van der Waals surface area contributed by atoms with Crippen molar-refractivity contribution in [2.24, 2.45) is 0 Å². The third-order valence-electron chi connectivity index (χ3n) is 5.68. The maximum absolute atomic E-state index is 3.70. The van der Waals surface area contributed by atoms with E-state index in [0.29, 0.717) is 11.8 Å². The van der Waals surface area contributed by atoms with Gasteiger partial charge in [0.25, 0.3) is 0 Å². The van der Waals surface area contributed by atoms with E-state index in [4.69, 9.17) is 0 Å². The van der Waals surface area contributed by atoms with Crippen molar-refractivity contribution in [1.82, 2.24) is 5.43 Å². The molecule has 1 unspecified atom stereocenters. The van der Waals surface area contributed by atoms with Crippen LogP contribution in [0.4, 0.5) is 5.69 Å². The predicted octanol–water partition coefficient (Wildman–Crippen LogP) is 7.04. The van der Waals surface area contributed by atoms with E-state index in [0.717, 1.165) is 5.69 Å². The fourth-order valence-electron chi connectivity index (χ4n) is 3.79. The maximum atomic E-state index is 3.70. The summed E-state index contributed by atoms with van der Waals surface area (Å²) in [6, 6.07) is 28.6. The van der Waals surface area contributed by atoms with E-state index in [2.05, 4.69) is 123 Å². The molecule has 3 aromatic rings. The molecule has 29 heavy (non-hydrogen) atoms. The number of anilines is 1. The summed E-state index contributed by atoms with van der Waals surface area (Å²) in [6.07, 6.45) is 2.34. The number of para-hydroxylation sites is 1. The zero-order valence-corrected chi connectivity index (χ0v) is 17.8. The van der Waals surface area contributed by atoms with Gasteiger partial charge in [0.15, 0.2) is 0 Å². The molecule has 1 N–H and O–H groups in total. The molecule has 0 saturated heterocycles. The van der Waals surface area contributed by atoms with Crippen LogP contribution in [0.1, 0.15) is 67.8 Å². The number of nitrogens with zero attached hydrogens (tertiary/aromatic N) is 1.